The molecule has 1 heterocycles. The second-order valence-electron chi connectivity index (χ2n) is 4.73. The third-order valence-electron chi connectivity index (χ3n) is 3.26. The molecule has 0 radical (unpaired) electrons. The molecule has 0 bridgehead atoms. The zero-order valence-electron chi connectivity index (χ0n) is 11.5. The fourth-order valence-electron chi connectivity index (χ4n) is 2.23. The van der Waals surface area contributed by atoms with Crippen LogP contribution in [0.1, 0.15) is 10.4 Å². The monoisotopic (exact) mass is 350 g/mol. The summed E-state index contributed by atoms with van der Waals surface area (Å²) in [7, 11) is 0. The molecule has 1 aromatic heterocycles. The van der Waals surface area contributed by atoms with Crippen molar-refractivity contribution in [2.24, 2.45) is 0 Å². The lowest BCUT2D eigenvalue weighted by atomic mass is 10.1. The van der Waals surface area contributed by atoms with E-state index in [2.05, 4.69) is 5.10 Å². The summed E-state index contributed by atoms with van der Waals surface area (Å²) in [5, 5.41) is 14.3. The molecule has 0 aliphatic carbocycles. The quantitative estimate of drug-likeness (QED) is 0.745. The van der Waals surface area contributed by atoms with Crippen LogP contribution in [0.5, 0.6) is 0 Å². The van der Waals surface area contributed by atoms with Gasteiger partial charge in [0.05, 0.1) is 22.6 Å². The highest BCUT2D eigenvalue weighted by molar-refractivity contribution is 6.35. The van der Waals surface area contributed by atoms with Crippen LogP contribution < -0.4 is 0 Å². The summed E-state index contributed by atoms with van der Waals surface area (Å²) in [5.41, 5.74) is 1.28. The number of nitrogens with zero attached hydrogens (tertiary/aromatic N) is 2. The van der Waals surface area contributed by atoms with Gasteiger partial charge in [0, 0.05) is 10.6 Å². The van der Waals surface area contributed by atoms with Crippen LogP contribution in [-0.4, -0.2) is 20.9 Å². The standard InChI is InChI=1S/C16H9Cl2FN2O2/c17-10-3-6-14(13(18)7-10)21-15(12(8-20-21)16(22)23)9-1-4-11(19)5-2-9/h1-8H,(H,22,23). The highest BCUT2D eigenvalue weighted by Crippen LogP contribution is 2.31. The van der Waals surface area contributed by atoms with Crippen LogP contribution in [0.25, 0.3) is 16.9 Å². The van der Waals surface area contributed by atoms with E-state index in [-0.39, 0.29) is 5.56 Å². The molecule has 0 unspecified atom stereocenters. The minimum absolute atomic E-state index is 0.0115. The Morgan fingerprint density at radius 3 is 2.43 bits per heavy atom. The maximum Gasteiger partial charge on any atom is 0.339 e. The number of aromatic carboxylic acids is 1. The van der Waals surface area contributed by atoms with Crippen LogP contribution in [0.15, 0.2) is 48.7 Å². The van der Waals surface area contributed by atoms with Crippen molar-refractivity contribution in [3.05, 3.63) is 70.1 Å². The van der Waals surface area contributed by atoms with E-state index in [1.165, 1.54) is 41.2 Å². The Labute approximate surface area is 140 Å². The first-order valence-electron chi connectivity index (χ1n) is 6.50. The smallest absolute Gasteiger partial charge is 0.339 e. The van der Waals surface area contributed by atoms with E-state index in [0.29, 0.717) is 27.0 Å². The van der Waals surface area contributed by atoms with Crippen LogP contribution in [-0.2, 0) is 0 Å². The molecular formula is C16H9Cl2FN2O2. The molecule has 0 saturated heterocycles. The maximum absolute atomic E-state index is 13.1. The van der Waals surface area contributed by atoms with Gasteiger partial charge < -0.3 is 5.11 Å². The zero-order valence-corrected chi connectivity index (χ0v) is 13.0. The Kier molecular flexibility index (Phi) is 4.07. The molecule has 0 atom stereocenters. The molecule has 0 saturated carbocycles. The molecule has 2 aromatic carbocycles. The number of hydrogen-bond acceptors (Lipinski definition) is 2. The highest BCUT2D eigenvalue weighted by Gasteiger charge is 2.20. The molecule has 4 nitrogen and oxygen atoms in total. The Hall–Kier alpha value is -2.37. The highest BCUT2D eigenvalue weighted by atomic mass is 35.5. The van der Waals surface area contributed by atoms with E-state index in [1.54, 1.807) is 12.1 Å². The molecule has 0 aliphatic rings. The fourth-order valence-corrected chi connectivity index (χ4v) is 2.71. The van der Waals surface area contributed by atoms with Crippen molar-refractivity contribution in [3.63, 3.8) is 0 Å². The predicted octanol–water partition coefficient (Wildman–Crippen LogP) is 4.68. The Morgan fingerprint density at radius 2 is 1.83 bits per heavy atom. The number of aromatic nitrogens is 2. The first kappa shape index (κ1) is 15.5. The van der Waals surface area contributed by atoms with E-state index in [4.69, 9.17) is 23.2 Å². The van der Waals surface area contributed by atoms with E-state index >= 15 is 0 Å². The second-order valence-corrected chi connectivity index (χ2v) is 5.57. The van der Waals surface area contributed by atoms with Gasteiger partial charge in [-0.3, -0.25) is 0 Å². The van der Waals surface area contributed by atoms with Gasteiger partial charge in [-0.05, 0) is 42.5 Å². The summed E-state index contributed by atoms with van der Waals surface area (Å²) in [6, 6.07) is 10.3. The summed E-state index contributed by atoms with van der Waals surface area (Å²) in [6.45, 7) is 0. The maximum atomic E-state index is 13.1. The van der Waals surface area contributed by atoms with E-state index in [0.717, 1.165) is 0 Å². The van der Waals surface area contributed by atoms with Crippen molar-refractivity contribution < 1.29 is 14.3 Å². The largest absolute Gasteiger partial charge is 0.478 e. The van der Waals surface area contributed by atoms with E-state index < -0.39 is 11.8 Å². The SMILES string of the molecule is O=C(O)c1cnn(-c2ccc(Cl)cc2Cl)c1-c1ccc(F)cc1. The topological polar surface area (TPSA) is 55.1 Å². The second kappa shape index (κ2) is 6.02. The average molecular weight is 351 g/mol. The van der Waals surface area contributed by atoms with Gasteiger partial charge in [-0.15, -0.1) is 0 Å². The zero-order chi connectivity index (χ0) is 16.6. The predicted molar refractivity (Wildman–Crippen MR) is 85.9 cm³/mol. The summed E-state index contributed by atoms with van der Waals surface area (Å²) < 4.78 is 14.5. The van der Waals surface area contributed by atoms with Crippen molar-refractivity contribution in [1.29, 1.82) is 0 Å². The van der Waals surface area contributed by atoms with Crippen molar-refractivity contribution in [1.82, 2.24) is 9.78 Å². The Morgan fingerprint density at radius 1 is 1.13 bits per heavy atom. The molecule has 1 N–H and O–H groups in total. The lowest BCUT2D eigenvalue weighted by Gasteiger charge is -2.11. The third-order valence-corrected chi connectivity index (χ3v) is 3.79. The van der Waals surface area contributed by atoms with Crippen LogP contribution in [0, 0.1) is 5.82 Å². The van der Waals surface area contributed by atoms with Gasteiger partial charge in [-0.1, -0.05) is 23.2 Å². The van der Waals surface area contributed by atoms with Gasteiger partial charge in [-0.2, -0.15) is 5.10 Å². The third kappa shape index (κ3) is 2.93. The minimum atomic E-state index is -1.14. The lowest BCUT2D eigenvalue weighted by molar-refractivity contribution is 0.0697. The molecule has 0 aliphatic heterocycles. The van der Waals surface area contributed by atoms with Crippen LogP contribution >= 0.6 is 23.2 Å². The van der Waals surface area contributed by atoms with Crippen molar-refractivity contribution in [3.8, 4) is 16.9 Å². The lowest BCUT2D eigenvalue weighted by Crippen LogP contribution is -2.03. The molecule has 116 valence electrons. The first-order chi connectivity index (χ1) is 11.0. The van der Waals surface area contributed by atoms with Gasteiger partial charge in [0.1, 0.15) is 11.4 Å². The van der Waals surface area contributed by atoms with Gasteiger partial charge in [-0.25, -0.2) is 13.9 Å². The summed E-state index contributed by atoms with van der Waals surface area (Å²) in [5.74, 6) is -1.55. The number of benzene rings is 2. The number of carboxylic acids is 1. The molecule has 0 spiro atoms. The number of halogens is 3. The number of carboxylic acid groups (broad SMARTS) is 1. The molecule has 0 fully saturated rings. The normalized spacial score (nSPS) is 10.7. The number of hydrogen-bond donors (Lipinski definition) is 1. The molecule has 7 heteroatoms. The van der Waals surface area contributed by atoms with E-state index in [9.17, 15) is 14.3 Å². The summed E-state index contributed by atoms with van der Waals surface area (Å²) in [6.07, 6.45) is 1.23. The Bertz CT molecular complexity index is 892. The molecule has 3 rings (SSSR count). The first-order valence-corrected chi connectivity index (χ1v) is 7.25. The van der Waals surface area contributed by atoms with Crippen LogP contribution in [0.4, 0.5) is 4.39 Å². The molecular weight excluding hydrogens is 342 g/mol. The molecule has 23 heavy (non-hydrogen) atoms. The average Bonchev–Trinajstić information content (AvgIpc) is 2.93. The van der Waals surface area contributed by atoms with Gasteiger partial charge in [0.2, 0.25) is 0 Å². The van der Waals surface area contributed by atoms with Gasteiger partial charge >= 0.3 is 5.97 Å². The fraction of sp³-hybridized carbons (Fsp3) is 0. The summed E-state index contributed by atoms with van der Waals surface area (Å²) >= 11 is 12.1. The molecule has 3 aromatic rings. The van der Waals surface area contributed by atoms with Crippen molar-refractivity contribution in [2.75, 3.05) is 0 Å². The van der Waals surface area contributed by atoms with Gasteiger partial charge in [0.15, 0.2) is 0 Å². The number of rotatable bonds is 3. The van der Waals surface area contributed by atoms with Crippen LogP contribution in [0.2, 0.25) is 10.0 Å². The number of carbonyl (C=O) groups is 1. The van der Waals surface area contributed by atoms with E-state index in [1.807, 2.05) is 0 Å². The van der Waals surface area contributed by atoms with Crippen LogP contribution in [0.3, 0.4) is 0 Å². The van der Waals surface area contributed by atoms with Crippen molar-refractivity contribution in [2.45, 2.75) is 0 Å². The minimum Gasteiger partial charge on any atom is -0.478 e. The molecule has 0 amide bonds. The van der Waals surface area contributed by atoms with Crippen molar-refractivity contribution >= 4 is 29.2 Å². The van der Waals surface area contributed by atoms with Gasteiger partial charge in [0.25, 0.3) is 0 Å². The Balaban J connectivity index is 2.26. The summed E-state index contributed by atoms with van der Waals surface area (Å²) in [4.78, 5) is 11.5.